The summed E-state index contributed by atoms with van der Waals surface area (Å²) in [5.74, 6) is -1.81. The number of halogens is 2. The fourth-order valence-corrected chi connectivity index (χ4v) is 2.45. The Labute approximate surface area is 103 Å². The third-order valence-electron chi connectivity index (χ3n) is 2.35. The third kappa shape index (κ3) is 2.31. The quantitative estimate of drug-likeness (QED) is 0.788. The zero-order valence-electron chi connectivity index (χ0n) is 9.59. The lowest BCUT2D eigenvalue weighted by Crippen LogP contribution is -1.98. The predicted octanol–water partition coefficient (Wildman–Crippen LogP) is 4.40. The minimum absolute atomic E-state index is 0.0398. The molecule has 0 saturated heterocycles. The molecule has 2 rings (SSSR count). The molecule has 2 aromatic rings. The van der Waals surface area contributed by atoms with Crippen molar-refractivity contribution < 1.29 is 13.5 Å². The van der Waals surface area contributed by atoms with Crippen molar-refractivity contribution in [1.82, 2.24) is 0 Å². The second kappa shape index (κ2) is 4.84. The van der Waals surface area contributed by atoms with Gasteiger partial charge in [0.05, 0.1) is 6.61 Å². The van der Waals surface area contributed by atoms with Crippen LogP contribution >= 0.6 is 11.3 Å². The van der Waals surface area contributed by atoms with Gasteiger partial charge in [-0.1, -0.05) is 0 Å². The largest absolute Gasteiger partial charge is 0.491 e. The molecule has 0 aliphatic rings. The Bertz CT molecular complexity index is 534. The topological polar surface area (TPSA) is 9.23 Å². The molecule has 90 valence electrons. The van der Waals surface area contributed by atoms with Crippen molar-refractivity contribution >= 4 is 11.3 Å². The Morgan fingerprint density at radius 2 is 1.88 bits per heavy atom. The minimum atomic E-state index is -0.921. The van der Waals surface area contributed by atoms with Gasteiger partial charge < -0.3 is 4.74 Å². The van der Waals surface area contributed by atoms with Crippen LogP contribution in [0, 0.1) is 18.6 Å². The van der Waals surface area contributed by atoms with Crippen LogP contribution in [0.4, 0.5) is 8.78 Å². The molecule has 1 heterocycles. The molecular weight excluding hydrogens is 242 g/mol. The van der Waals surface area contributed by atoms with Crippen LogP contribution in [0.3, 0.4) is 0 Å². The molecule has 0 amide bonds. The van der Waals surface area contributed by atoms with Gasteiger partial charge in [0.15, 0.2) is 11.6 Å². The van der Waals surface area contributed by atoms with Gasteiger partial charge in [0.25, 0.3) is 0 Å². The van der Waals surface area contributed by atoms with Crippen LogP contribution in [0.15, 0.2) is 24.3 Å². The number of hydrogen-bond donors (Lipinski definition) is 0. The maximum Gasteiger partial charge on any atom is 0.201 e. The summed E-state index contributed by atoms with van der Waals surface area (Å²) in [7, 11) is 0. The molecular formula is C13H12F2OS. The standard InChI is InChI=1S/C13H12F2OS/c1-3-16-10-6-5-9(12(14)13(10)15)11-7-4-8(2)17-11/h4-7H,3H2,1-2H3. The van der Waals surface area contributed by atoms with Crippen LogP contribution in [-0.4, -0.2) is 6.61 Å². The van der Waals surface area contributed by atoms with E-state index in [0.717, 1.165) is 9.75 Å². The Kier molecular flexibility index (Phi) is 3.43. The molecule has 0 aliphatic heterocycles. The SMILES string of the molecule is CCOc1ccc(-c2ccc(C)s2)c(F)c1F. The first kappa shape index (κ1) is 12.0. The minimum Gasteiger partial charge on any atom is -0.491 e. The fraction of sp³-hybridized carbons (Fsp3) is 0.231. The summed E-state index contributed by atoms with van der Waals surface area (Å²) in [6, 6.07) is 6.69. The Morgan fingerprint density at radius 1 is 1.12 bits per heavy atom. The smallest absolute Gasteiger partial charge is 0.201 e. The van der Waals surface area contributed by atoms with Crippen molar-refractivity contribution in [3.05, 3.63) is 40.8 Å². The molecule has 0 bridgehead atoms. The van der Waals surface area contributed by atoms with E-state index in [1.54, 1.807) is 19.1 Å². The summed E-state index contributed by atoms with van der Waals surface area (Å²) in [6.07, 6.45) is 0. The van der Waals surface area contributed by atoms with E-state index in [4.69, 9.17) is 4.74 Å². The summed E-state index contributed by atoms with van der Waals surface area (Å²) in [4.78, 5) is 1.79. The summed E-state index contributed by atoms with van der Waals surface area (Å²) >= 11 is 1.44. The first-order chi connectivity index (χ1) is 8.13. The van der Waals surface area contributed by atoms with Gasteiger partial charge >= 0.3 is 0 Å². The highest BCUT2D eigenvalue weighted by Crippen LogP contribution is 2.33. The van der Waals surface area contributed by atoms with E-state index >= 15 is 0 Å². The van der Waals surface area contributed by atoms with E-state index in [1.165, 1.54) is 17.4 Å². The molecule has 0 spiro atoms. The average molecular weight is 254 g/mol. The maximum absolute atomic E-state index is 13.8. The fourth-order valence-electron chi connectivity index (χ4n) is 1.57. The third-order valence-corrected chi connectivity index (χ3v) is 3.39. The van der Waals surface area contributed by atoms with Gasteiger partial charge in [0, 0.05) is 15.3 Å². The summed E-state index contributed by atoms with van der Waals surface area (Å²) in [6.45, 7) is 3.97. The lowest BCUT2D eigenvalue weighted by atomic mass is 10.1. The van der Waals surface area contributed by atoms with Gasteiger partial charge in [-0.25, -0.2) is 4.39 Å². The molecule has 17 heavy (non-hydrogen) atoms. The van der Waals surface area contributed by atoms with Gasteiger partial charge in [-0.2, -0.15) is 4.39 Å². The Morgan fingerprint density at radius 3 is 2.47 bits per heavy atom. The molecule has 0 atom stereocenters. The maximum atomic E-state index is 13.8. The summed E-state index contributed by atoms with van der Waals surface area (Å²) in [5.41, 5.74) is 0.282. The number of thiophene rings is 1. The van der Waals surface area contributed by atoms with Crippen LogP contribution < -0.4 is 4.74 Å². The molecule has 0 saturated carbocycles. The van der Waals surface area contributed by atoms with Crippen molar-refractivity contribution in [3.63, 3.8) is 0 Å². The summed E-state index contributed by atoms with van der Waals surface area (Å²) < 4.78 is 32.5. The van der Waals surface area contributed by atoms with Crippen LogP contribution in [0.25, 0.3) is 10.4 Å². The molecule has 1 aromatic carbocycles. The Balaban J connectivity index is 2.47. The molecule has 1 nitrogen and oxygen atoms in total. The number of aryl methyl sites for hydroxylation is 1. The van der Waals surface area contributed by atoms with Crippen molar-refractivity contribution in [1.29, 1.82) is 0 Å². The molecule has 4 heteroatoms. The van der Waals surface area contributed by atoms with Crippen LogP contribution in [0.1, 0.15) is 11.8 Å². The van der Waals surface area contributed by atoms with Crippen LogP contribution in [0.2, 0.25) is 0 Å². The highest BCUT2D eigenvalue weighted by atomic mass is 32.1. The van der Waals surface area contributed by atoms with E-state index in [-0.39, 0.29) is 11.3 Å². The predicted molar refractivity (Wildman–Crippen MR) is 65.6 cm³/mol. The van der Waals surface area contributed by atoms with Gasteiger partial charge in [-0.05, 0) is 38.1 Å². The van der Waals surface area contributed by atoms with E-state index < -0.39 is 11.6 Å². The second-order valence-corrected chi connectivity index (χ2v) is 4.87. The van der Waals surface area contributed by atoms with Gasteiger partial charge in [-0.15, -0.1) is 11.3 Å². The van der Waals surface area contributed by atoms with Crippen molar-refractivity contribution in [2.24, 2.45) is 0 Å². The molecule has 0 N–H and O–H groups in total. The summed E-state index contributed by atoms with van der Waals surface area (Å²) in [5, 5.41) is 0. The van der Waals surface area contributed by atoms with Crippen LogP contribution in [0.5, 0.6) is 5.75 Å². The van der Waals surface area contributed by atoms with Gasteiger partial charge in [0.2, 0.25) is 5.82 Å². The molecule has 0 aliphatic carbocycles. The van der Waals surface area contributed by atoms with Gasteiger partial charge in [0.1, 0.15) is 0 Å². The zero-order valence-corrected chi connectivity index (χ0v) is 10.4. The highest BCUT2D eigenvalue weighted by Gasteiger charge is 2.16. The second-order valence-electron chi connectivity index (χ2n) is 3.58. The van der Waals surface area contributed by atoms with Gasteiger partial charge in [-0.3, -0.25) is 0 Å². The van der Waals surface area contributed by atoms with Crippen molar-refractivity contribution in [3.8, 4) is 16.2 Å². The first-order valence-electron chi connectivity index (χ1n) is 5.31. The van der Waals surface area contributed by atoms with E-state index in [0.29, 0.717) is 6.61 Å². The number of hydrogen-bond acceptors (Lipinski definition) is 2. The highest BCUT2D eigenvalue weighted by molar-refractivity contribution is 7.15. The van der Waals surface area contributed by atoms with E-state index in [9.17, 15) is 8.78 Å². The Hall–Kier alpha value is -1.42. The number of rotatable bonds is 3. The molecule has 0 radical (unpaired) electrons. The molecule has 1 aromatic heterocycles. The molecule has 0 unspecified atom stereocenters. The lowest BCUT2D eigenvalue weighted by Gasteiger charge is -2.07. The van der Waals surface area contributed by atoms with E-state index in [2.05, 4.69) is 0 Å². The number of ether oxygens (including phenoxy) is 1. The van der Waals surface area contributed by atoms with Crippen molar-refractivity contribution in [2.45, 2.75) is 13.8 Å². The first-order valence-corrected chi connectivity index (χ1v) is 6.12. The average Bonchev–Trinajstić information content (AvgIpc) is 2.72. The monoisotopic (exact) mass is 254 g/mol. The molecule has 0 fully saturated rings. The van der Waals surface area contributed by atoms with Crippen molar-refractivity contribution in [2.75, 3.05) is 6.61 Å². The number of benzene rings is 1. The zero-order chi connectivity index (χ0) is 12.4. The van der Waals surface area contributed by atoms with E-state index in [1.807, 2.05) is 13.0 Å². The normalized spacial score (nSPS) is 10.6. The lowest BCUT2D eigenvalue weighted by molar-refractivity contribution is 0.314. The van der Waals surface area contributed by atoms with Crippen LogP contribution in [-0.2, 0) is 0 Å².